The third-order valence-electron chi connectivity index (χ3n) is 2.19. The molecule has 1 aromatic carbocycles. The van der Waals surface area contributed by atoms with Gasteiger partial charge in [-0.15, -0.1) is 0 Å². The molecule has 0 bridgehead atoms. The van der Waals surface area contributed by atoms with Gasteiger partial charge in [0.1, 0.15) is 0 Å². The Balaban J connectivity index is 2.52. The van der Waals surface area contributed by atoms with Crippen molar-refractivity contribution in [2.75, 3.05) is 7.05 Å². The number of hydrogen-bond acceptors (Lipinski definition) is 2. The molecule has 0 radical (unpaired) electrons. The fourth-order valence-electron chi connectivity index (χ4n) is 1.35. The molecule has 4 nitrogen and oxygen atoms in total. The van der Waals surface area contributed by atoms with Gasteiger partial charge in [0.05, 0.1) is 11.6 Å². The molecule has 0 aromatic heterocycles. The van der Waals surface area contributed by atoms with Crippen LogP contribution in [0.2, 0.25) is 0 Å². The molecule has 0 heterocycles. The van der Waals surface area contributed by atoms with Gasteiger partial charge in [-0.25, -0.2) is 0 Å². The smallest absolute Gasteiger partial charge is 0.191 e. The molecule has 4 heteroatoms. The highest BCUT2D eigenvalue weighted by molar-refractivity contribution is 5.79. The maximum atomic E-state index is 8.69. The van der Waals surface area contributed by atoms with Gasteiger partial charge in [-0.05, 0) is 31.5 Å². The Morgan fingerprint density at radius 3 is 2.47 bits per heavy atom. The number of nitrogens with zero attached hydrogens (tertiary/aromatic N) is 2. The average molecular weight is 230 g/mol. The topological polar surface area (TPSA) is 60.2 Å². The van der Waals surface area contributed by atoms with Crippen LogP contribution in [0.15, 0.2) is 29.3 Å². The minimum atomic E-state index is 0.349. The summed E-state index contributed by atoms with van der Waals surface area (Å²) in [7, 11) is 1.75. The summed E-state index contributed by atoms with van der Waals surface area (Å²) >= 11 is 0. The van der Waals surface area contributed by atoms with Crippen LogP contribution >= 0.6 is 0 Å². The molecule has 2 N–H and O–H groups in total. The predicted octanol–water partition coefficient (Wildman–Crippen LogP) is 1.63. The van der Waals surface area contributed by atoms with Gasteiger partial charge in [0.25, 0.3) is 0 Å². The molecule has 1 rings (SSSR count). The van der Waals surface area contributed by atoms with Gasteiger partial charge >= 0.3 is 0 Å². The summed E-state index contributed by atoms with van der Waals surface area (Å²) in [6, 6.07) is 9.96. The second-order valence-electron chi connectivity index (χ2n) is 4.03. The molecule has 0 saturated heterocycles. The largest absolute Gasteiger partial charge is 0.354 e. The molecule has 90 valence electrons. The zero-order valence-electron chi connectivity index (χ0n) is 10.5. The van der Waals surface area contributed by atoms with E-state index in [1.807, 2.05) is 24.3 Å². The first-order chi connectivity index (χ1) is 8.15. The molecule has 0 amide bonds. The van der Waals surface area contributed by atoms with Crippen molar-refractivity contribution in [3.63, 3.8) is 0 Å². The molecule has 0 fully saturated rings. The summed E-state index contributed by atoms with van der Waals surface area (Å²) in [5.74, 6) is 0.782. The van der Waals surface area contributed by atoms with E-state index < -0.39 is 0 Å². The Bertz CT molecular complexity index is 412. The van der Waals surface area contributed by atoms with E-state index in [0.29, 0.717) is 18.2 Å². The van der Waals surface area contributed by atoms with Crippen LogP contribution in [-0.4, -0.2) is 19.0 Å². The third kappa shape index (κ3) is 4.56. The maximum Gasteiger partial charge on any atom is 0.191 e. The number of hydrogen-bond donors (Lipinski definition) is 2. The fourth-order valence-corrected chi connectivity index (χ4v) is 1.35. The van der Waals surface area contributed by atoms with Crippen molar-refractivity contribution in [1.82, 2.24) is 10.6 Å². The monoisotopic (exact) mass is 230 g/mol. The molecule has 0 aliphatic carbocycles. The highest BCUT2D eigenvalue weighted by atomic mass is 15.2. The van der Waals surface area contributed by atoms with E-state index in [2.05, 4.69) is 35.5 Å². The van der Waals surface area contributed by atoms with Crippen LogP contribution in [-0.2, 0) is 6.54 Å². The average Bonchev–Trinajstić information content (AvgIpc) is 2.34. The van der Waals surface area contributed by atoms with E-state index in [1.54, 1.807) is 7.05 Å². The Kier molecular flexibility index (Phi) is 5.02. The van der Waals surface area contributed by atoms with E-state index in [4.69, 9.17) is 5.26 Å². The van der Waals surface area contributed by atoms with Crippen molar-refractivity contribution in [1.29, 1.82) is 5.26 Å². The molecule has 0 unspecified atom stereocenters. The van der Waals surface area contributed by atoms with Crippen LogP contribution in [0.1, 0.15) is 25.0 Å². The minimum Gasteiger partial charge on any atom is -0.354 e. The summed E-state index contributed by atoms with van der Waals surface area (Å²) in [4.78, 5) is 4.12. The Morgan fingerprint density at radius 2 is 2.00 bits per heavy atom. The molecule has 17 heavy (non-hydrogen) atoms. The van der Waals surface area contributed by atoms with Crippen molar-refractivity contribution >= 4 is 5.96 Å². The van der Waals surface area contributed by atoms with E-state index in [1.165, 1.54) is 0 Å². The van der Waals surface area contributed by atoms with Crippen LogP contribution < -0.4 is 10.6 Å². The first kappa shape index (κ1) is 13.0. The van der Waals surface area contributed by atoms with Crippen LogP contribution in [0.25, 0.3) is 0 Å². The fraction of sp³-hybridized carbons (Fsp3) is 0.385. The van der Waals surface area contributed by atoms with Crippen LogP contribution in [0.5, 0.6) is 0 Å². The Hall–Kier alpha value is -2.02. The standard InChI is InChI=1S/C13H18N4/c1-10(2)17-13(15-3)16-9-12-6-4-11(8-14)5-7-12/h4-7,10H,9H2,1-3H3,(H2,15,16,17). The van der Waals surface area contributed by atoms with Crippen LogP contribution in [0, 0.1) is 11.3 Å². The summed E-state index contributed by atoms with van der Waals surface area (Å²) in [5.41, 5.74) is 1.80. The summed E-state index contributed by atoms with van der Waals surface area (Å²) < 4.78 is 0. The lowest BCUT2D eigenvalue weighted by molar-refractivity contribution is 0.699. The number of rotatable bonds is 3. The molecule has 0 atom stereocenters. The van der Waals surface area contributed by atoms with Gasteiger partial charge in [-0.3, -0.25) is 4.99 Å². The molecule has 0 aliphatic rings. The molecular formula is C13H18N4. The zero-order chi connectivity index (χ0) is 12.7. The van der Waals surface area contributed by atoms with E-state index in [-0.39, 0.29) is 0 Å². The first-order valence-corrected chi connectivity index (χ1v) is 5.62. The second kappa shape index (κ2) is 6.54. The van der Waals surface area contributed by atoms with Crippen LogP contribution in [0.3, 0.4) is 0 Å². The molecule has 0 aliphatic heterocycles. The molecular weight excluding hydrogens is 212 g/mol. The van der Waals surface area contributed by atoms with Gasteiger partial charge in [-0.1, -0.05) is 12.1 Å². The van der Waals surface area contributed by atoms with Gasteiger partial charge < -0.3 is 10.6 Å². The Labute approximate surface area is 102 Å². The van der Waals surface area contributed by atoms with Gasteiger partial charge in [0.2, 0.25) is 0 Å². The normalized spacial score (nSPS) is 11.1. The second-order valence-corrected chi connectivity index (χ2v) is 4.03. The SMILES string of the molecule is CN=C(NCc1ccc(C#N)cc1)NC(C)C. The highest BCUT2D eigenvalue weighted by Crippen LogP contribution is 2.02. The van der Waals surface area contributed by atoms with E-state index in [0.717, 1.165) is 11.5 Å². The Morgan fingerprint density at radius 1 is 1.35 bits per heavy atom. The quantitative estimate of drug-likeness (QED) is 0.613. The number of nitrogens with one attached hydrogen (secondary N) is 2. The van der Waals surface area contributed by atoms with Crippen molar-refractivity contribution in [3.8, 4) is 6.07 Å². The van der Waals surface area contributed by atoms with Crippen molar-refractivity contribution in [3.05, 3.63) is 35.4 Å². The molecule has 0 saturated carbocycles. The third-order valence-corrected chi connectivity index (χ3v) is 2.19. The zero-order valence-corrected chi connectivity index (χ0v) is 10.5. The highest BCUT2D eigenvalue weighted by Gasteiger charge is 2.00. The predicted molar refractivity (Wildman–Crippen MR) is 69.6 cm³/mol. The minimum absolute atomic E-state index is 0.349. The first-order valence-electron chi connectivity index (χ1n) is 5.62. The summed E-state index contributed by atoms with van der Waals surface area (Å²) in [6.07, 6.45) is 0. The van der Waals surface area contributed by atoms with Crippen molar-refractivity contribution in [2.45, 2.75) is 26.4 Å². The molecule has 1 aromatic rings. The lowest BCUT2D eigenvalue weighted by Crippen LogP contribution is -2.40. The van der Waals surface area contributed by atoms with E-state index in [9.17, 15) is 0 Å². The number of aliphatic imine (C=N–C) groups is 1. The van der Waals surface area contributed by atoms with Crippen molar-refractivity contribution < 1.29 is 0 Å². The maximum absolute atomic E-state index is 8.69. The van der Waals surface area contributed by atoms with Crippen LogP contribution in [0.4, 0.5) is 0 Å². The number of nitriles is 1. The molecule has 0 spiro atoms. The van der Waals surface area contributed by atoms with Gasteiger partial charge in [0, 0.05) is 19.6 Å². The van der Waals surface area contributed by atoms with Gasteiger partial charge in [0.15, 0.2) is 5.96 Å². The number of guanidine groups is 1. The summed E-state index contributed by atoms with van der Waals surface area (Å²) in [5, 5.41) is 15.1. The van der Waals surface area contributed by atoms with Crippen molar-refractivity contribution in [2.24, 2.45) is 4.99 Å². The lowest BCUT2D eigenvalue weighted by Gasteiger charge is -2.14. The number of benzene rings is 1. The van der Waals surface area contributed by atoms with Gasteiger partial charge in [-0.2, -0.15) is 5.26 Å². The summed E-state index contributed by atoms with van der Waals surface area (Å²) in [6.45, 7) is 4.82. The van der Waals surface area contributed by atoms with E-state index >= 15 is 0 Å². The lowest BCUT2D eigenvalue weighted by atomic mass is 10.1.